The van der Waals surface area contributed by atoms with Crippen LogP contribution in [0.5, 0.6) is 0 Å². The van der Waals surface area contributed by atoms with Gasteiger partial charge in [0.15, 0.2) is 0 Å². The van der Waals surface area contributed by atoms with Gasteiger partial charge in [-0.15, -0.1) is 0 Å². The highest BCUT2D eigenvalue weighted by Crippen LogP contribution is 2.53. The number of aromatic amines is 1. The van der Waals surface area contributed by atoms with E-state index in [1.165, 1.54) is 73.3 Å². The van der Waals surface area contributed by atoms with Gasteiger partial charge in [-0.25, -0.2) is 14.6 Å². The number of H-pyrrole nitrogens is 1. The number of methoxy groups -OCH3 is 2. The molecule has 3 aliphatic heterocycles. The molecule has 4 N–H and O–H groups in total. The Morgan fingerprint density at radius 3 is 1.81 bits per heavy atom. The van der Waals surface area contributed by atoms with Crippen LogP contribution in [0.3, 0.4) is 0 Å². The van der Waals surface area contributed by atoms with Gasteiger partial charge in [-0.2, -0.15) is 0 Å². The van der Waals surface area contributed by atoms with E-state index in [4.69, 9.17) is 19.5 Å². The van der Waals surface area contributed by atoms with Crippen molar-refractivity contribution < 1.29 is 28.7 Å². The zero-order chi connectivity index (χ0) is 48.1. The maximum atomic E-state index is 13.9. The molecule has 1 spiro atoms. The molecule has 1 aromatic heterocycles. The maximum absolute atomic E-state index is 13.9. The van der Waals surface area contributed by atoms with Gasteiger partial charge in [0.1, 0.15) is 23.7 Å². The summed E-state index contributed by atoms with van der Waals surface area (Å²) < 4.78 is 9.66. The Labute approximate surface area is 400 Å². The van der Waals surface area contributed by atoms with Gasteiger partial charge in [0.2, 0.25) is 11.8 Å². The van der Waals surface area contributed by atoms with Crippen molar-refractivity contribution in [2.24, 2.45) is 22.2 Å². The molecule has 0 bridgehead atoms. The molecule has 68 heavy (non-hydrogen) atoms. The zero-order valence-corrected chi connectivity index (χ0v) is 41.0. The average Bonchev–Trinajstić information content (AvgIpc) is 4.19. The highest BCUT2D eigenvalue weighted by Gasteiger charge is 2.44. The van der Waals surface area contributed by atoms with Crippen molar-refractivity contribution in [3.63, 3.8) is 0 Å². The third kappa shape index (κ3) is 8.86. The van der Waals surface area contributed by atoms with Gasteiger partial charge >= 0.3 is 12.2 Å². The van der Waals surface area contributed by atoms with E-state index in [0.717, 1.165) is 72.7 Å². The molecule has 4 atom stereocenters. The number of amides is 4. The topological polar surface area (TPSA) is 170 Å². The van der Waals surface area contributed by atoms with Crippen LogP contribution in [0.15, 0.2) is 65.8 Å². The van der Waals surface area contributed by atoms with Crippen molar-refractivity contribution >= 4 is 35.5 Å². The van der Waals surface area contributed by atoms with Crippen molar-refractivity contribution in [1.82, 2.24) is 30.4 Å². The fraction of sp³-hybridized carbons (Fsp3) is 0.519. The van der Waals surface area contributed by atoms with Crippen molar-refractivity contribution in [2.45, 2.75) is 135 Å². The van der Waals surface area contributed by atoms with Crippen LogP contribution in [0.25, 0.3) is 33.5 Å². The van der Waals surface area contributed by atoms with E-state index in [1.807, 2.05) is 43.7 Å². The second-order valence-electron chi connectivity index (χ2n) is 21.0. The normalized spacial score (nSPS) is 21.0. The molecule has 1 saturated carbocycles. The molecule has 2 aliphatic carbocycles. The molecule has 0 unspecified atom stereocenters. The zero-order valence-electron chi connectivity index (χ0n) is 41.0. The molecule has 5 aliphatic rings. The van der Waals surface area contributed by atoms with Gasteiger partial charge in [0.05, 0.1) is 43.7 Å². The number of amidine groups is 1. The average molecular weight is 925 g/mol. The lowest BCUT2D eigenvalue weighted by molar-refractivity contribution is -0.135. The minimum Gasteiger partial charge on any atom is -0.453 e. The summed E-state index contributed by atoms with van der Waals surface area (Å²) in [6, 6.07) is 18.4. The number of ether oxygens (including phenoxy) is 2. The number of aromatic nitrogens is 2. The third-order valence-electron chi connectivity index (χ3n) is 15.4. The lowest BCUT2D eigenvalue weighted by atomic mass is 9.82. The number of benzene rings is 3. The number of likely N-dealkylation sites (tertiary alicyclic amines) is 2. The maximum Gasteiger partial charge on any atom is 0.407 e. The van der Waals surface area contributed by atoms with E-state index in [-0.39, 0.29) is 35.7 Å². The van der Waals surface area contributed by atoms with Gasteiger partial charge in [-0.3, -0.25) is 14.6 Å². The molecule has 2 saturated heterocycles. The van der Waals surface area contributed by atoms with E-state index in [9.17, 15) is 19.2 Å². The van der Waals surface area contributed by atoms with Crippen LogP contribution in [0.1, 0.15) is 121 Å². The Bertz CT molecular complexity index is 2610. The smallest absolute Gasteiger partial charge is 0.407 e. The van der Waals surface area contributed by atoms with Crippen molar-refractivity contribution in [3.8, 4) is 33.5 Å². The first-order chi connectivity index (χ1) is 32.6. The Morgan fingerprint density at radius 2 is 1.24 bits per heavy atom. The summed E-state index contributed by atoms with van der Waals surface area (Å²) in [4.78, 5) is 69.3. The first-order valence-corrected chi connectivity index (χ1v) is 24.7. The minimum atomic E-state index is -0.694. The number of rotatable bonds is 11. The number of fused-ring (bicyclic) bond motifs is 2. The molecule has 14 heteroatoms. The number of carbonyl (C=O) groups excluding carboxylic acids is 4. The number of carbonyl (C=O) groups is 4. The number of alkyl carbamates (subject to hydrolysis) is 2. The first kappa shape index (κ1) is 46.9. The summed E-state index contributed by atoms with van der Waals surface area (Å²) in [5.41, 5.74) is 11.6. The number of imidazole rings is 1. The molecule has 9 rings (SSSR count). The summed E-state index contributed by atoms with van der Waals surface area (Å²) in [7, 11) is 2.62. The molecule has 14 nitrogen and oxygen atoms in total. The SMILES string of the molecule is COC(=O)N[C@H](C(=O)N1CCC[C@H]1C1=NC(C)(C)c2cc(-c3ccc(-c4ccc(-c5cnc([C@@H]6CCCN6C(=O)[C@@H](NC(=O)OC)C(C)C)[nH]5)cc4)c4c3CC3(CCCC3)C4)ccc2N1)C(C)C. The van der Waals surface area contributed by atoms with Gasteiger partial charge in [-0.1, -0.05) is 83.0 Å². The predicted octanol–water partition coefficient (Wildman–Crippen LogP) is 9.54. The standard InChI is InChI=1S/C54H68N8O6/c1-31(2)45(58-51(65)67-7)49(63)61-25-11-13-43(61)47-55-30-42(57-47)34-17-15-33(16-18-34)36-20-21-37(39-29-54(28-38(36)39)23-9-10-24-54)35-19-22-41-40(27-35)53(5,6)60-48(56-41)44-14-12-26-62(44)50(64)46(32(3)4)59-52(66)68-8/h15-22,27,30-32,43-46H,9-14,23-26,28-29H2,1-8H3,(H,55,57)(H,56,60)(H,58,65)(H,59,66)/t43-,44-,45-,46-/m0/s1. The van der Waals surface area contributed by atoms with Crippen LogP contribution in [-0.4, -0.2) is 95.0 Å². The Balaban J connectivity index is 0.962. The summed E-state index contributed by atoms with van der Waals surface area (Å²) >= 11 is 0. The van der Waals surface area contributed by atoms with Gasteiger partial charge in [0.25, 0.3) is 0 Å². The molecule has 4 amide bonds. The summed E-state index contributed by atoms with van der Waals surface area (Å²) in [6.45, 7) is 13.2. The molecule has 3 aromatic carbocycles. The van der Waals surface area contributed by atoms with E-state index >= 15 is 0 Å². The number of anilines is 1. The lowest BCUT2D eigenvalue weighted by Crippen LogP contribution is -2.55. The van der Waals surface area contributed by atoms with Gasteiger partial charge in [0, 0.05) is 24.3 Å². The number of nitrogens with one attached hydrogen (secondary N) is 4. The Hall–Kier alpha value is -6.18. The molecule has 4 aromatic rings. The third-order valence-corrected chi connectivity index (χ3v) is 15.4. The fourth-order valence-corrected chi connectivity index (χ4v) is 11.8. The summed E-state index contributed by atoms with van der Waals surface area (Å²) in [5.74, 6) is 1.07. The monoisotopic (exact) mass is 925 g/mol. The molecule has 0 radical (unpaired) electrons. The number of nitrogens with zero attached hydrogens (tertiary/aromatic N) is 4. The van der Waals surface area contributed by atoms with Crippen LogP contribution in [0.2, 0.25) is 0 Å². The quantitative estimate of drug-likeness (QED) is 0.115. The number of hydrogen-bond acceptors (Lipinski definition) is 9. The van der Waals surface area contributed by atoms with Crippen LogP contribution >= 0.6 is 0 Å². The second kappa shape index (κ2) is 18.7. The molecule has 360 valence electrons. The molecular formula is C54H68N8O6. The minimum absolute atomic E-state index is 0.104. The van der Waals surface area contributed by atoms with E-state index < -0.39 is 29.8 Å². The van der Waals surface area contributed by atoms with Crippen LogP contribution in [0.4, 0.5) is 15.3 Å². The molecule has 3 fully saturated rings. The first-order valence-electron chi connectivity index (χ1n) is 24.7. The largest absolute Gasteiger partial charge is 0.453 e. The summed E-state index contributed by atoms with van der Waals surface area (Å²) in [6.07, 6.45) is 11.1. The molecule has 4 heterocycles. The number of aliphatic imine (C=N–C) groups is 1. The van der Waals surface area contributed by atoms with Gasteiger partial charge < -0.3 is 40.2 Å². The van der Waals surface area contributed by atoms with E-state index in [2.05, 4.69) is 89.4 Å². The second-order valence-corrected chi connectivity index (χ2v) is 21.0. The van der Waals surface area contributed by atoms with Crippen LogP contribution in [0, 0.1) is 17.3 Å². The van der Waals surface area contributed by atoms with E-state index in [0.29, 0.717) is 18.5 Å². The summed E-state index contributed by atoms with van der Waals surface area (Å²) in [5, 5.41) is 9.15. The van der Waals surface area contributed by atoms with Crippen molar-refractivity contribution in [1.29, 1.82) is 0 Å². The highest BCUT2D eigenvalue weighted by molar-refractivity contribution is 6.04. The van der Waals surface area contributed by atoms with Crippen LogP contribution < -0.4 is 16.0 Å². The lowest BCUT2D eigenvalue weighted by Gasteiger charge is -2.37. The molecular weight excluding hydrogens is 857 g/mol. The van der Waals surface area contributed by atoms with Crippen molar-refractivity contribution in [3.05, 3.63) is 83.3 Å². The van der Waals surface area contributed by atoms with Crippen molar-refractivity contribution in [2.75, 3.05) is 32.6 Å². The predicted molar refractivity (Wildman–Crippen MR) is 264 cm³/mol. The Kier molecular flexibility index (Phi) is 12.9. The highest BCUT2D eigenvalue weighted by atomic mass is 16.5. The fourth-order valence-electron chi connectivity index (χ4n) is 11.8. The van der Waals surface area contributed by atoms with Gasteiger partial charge in [-0.05, 0) is 134 Å². The van der Waals surface area contributed by atoms with E-state index in [1.54, 1.807) is 0 Å². The van der Waals surface area contributed by atoms with Crippen LogP contribution in [-0.2, 0) is 37.4 Å². The Morgan fingerprint density at radius 1 is 0.706 bits per heavy atom. The number of hydrogen-bond donors (Lipinski definition) is 4.